The lowest BCUT2D eigenvalue weighted by molar-refractivity contribution is 0.0508. The van der Waals surface area contributed by atoms with Crippen LogP contribution in [0.5, 0.6) is 0 Å². The number of amides is 1. The van der Waals surface area contributed by atoms with E-state index in [0.717, 1.165) is 13.1 Å². The first-order valence-corrected chi connectivity index (χ1v) is 7.39. The van der Waals surface area contributed by atoms with Crippen molar-refractivity contribution in [3.63, 3.8) is 0 Å². The number of carbonyl (C=O) groups excluding carboxylic acids is 1. The van der Waals surface area contributed by atoms with Crippen LogP contribution < -0.4 is 10.6 Å². The normalized spacial score (nSPS) is 13.1. The Labute approximate surface area is 119 Å². The number of rotatable bonds is 5. The van der Waals surface area contributed by atoms with Crippen molar-refractivity contribution >= 4 is 17.4 Å². The number of carbonyl (C=O) groups is 1. The van der Waals surface area contributed by atoms with Crippen LogP contribution in [0, 0.1) is 6.92 Å². The van der Waals surface area contributed by atoms with Gasteiger partial charge in [0.1, 0.15) is 5.60 Å². The highest BCUT2D eigenvalue weighted by Crippen LogP contribution is 2.14. The first-order chi connectivity index (χ1) is 8.78. The third kappa shape index (κ3) is 6.59. The van der Waals surface area contributed by atoms with Gasteiger partial charge < -0.3 is 15.4 Å². The molecule has 1 aromatic rings. The average molecular weight is 284 g/mol. The molecule has 1 amide bonds. The predicted molar refractivity (Wildman–Crippen MR) is 79.6 cm³/mol. The van der Waals surface area contributed by atoms with E-state index < -0.39 is 5.60 Å². The van der Waals surface area contributed by atoms with E-state index in [4.69, 9.17) is 4.74 Å². The molecule has 0 aliphatic heterocycles. The van der Waals surface area contributed by atoms with Gasteiger partial charge in [-0.1, -0.05) is 0 Å². The van der Waals surface area contributed by atoms with Crippen LogP contribution in [0.15, 0.2) is 11.4 Å². The molecular formula is C14H24N2O2S. The highest BCUT2D eigenvalue weighted by molar-refractivity contribution is 7.10. The standard InChI is InChI=1S/C14H24N2O2S/c1-10-6-7-19-12(10)9-15-8-11(2)16-13(17)18-14(3,4)5/h6-7,11,15H,8-9H2,1-5H3,(H,16,17). The van der Waals surface area contributed by atoms with E-state index in [9.17, 15) is 4.79 Å². The van der Waals surface area contributed by atoms with Gasteiger partial charge in [0, 0.05) is 24.0 Å². The molecule has 2 N–H and O–H groups in total. The molecule has 0 aromatic carbocycles. The largest absolute Gasteiger partial charge is 0.444 e. The van der Waals surface area contributed by atoms with Crippen LogP contribution in [0.25, 0.3) is 0 Å². The van der Waals surface area contributed by atoms with Gasteiger partial charge in [0.05, 0.1) is 0 Å². The van der Waals surface area contributed by atoms with Gasteiger partial charge in [0.2, 0.25) is 0 Å². The summed E-state index contributed by atoms with van der Waals surface area (Å²) in [4.78, 5) is 12.9. The number of alkyl carbamates (subject to hydrolysis) is 1. The Hall–Kier alpha value is -1.07. The van der Waals surface area contributed by atoms with Gasteiger partial charge in [-0.15, -0.1) is 11.3 Å². The van der Waals surface area contributed by atoms with Crippen LogP contribution in [0.1, 0.15) is 38.1 Å². The third-order valence-electron chi connectivity index (χ3n) is 2.47. The van der Waals surface area contributed by atoms with Gasteiger partial charge in [-0.05, 0) is 51.6 Å². The fourth-order valence-corrected chi connectivity index (χ4v) is 2.42. The summed E-state index contributed by atoms with van der Waals surface area (Å²) in [6.07, 6.45) is -0.367. The topological polar surface area (TPSA) is 50.4 Å². The van der Waals surface area contributed by atoms with Crippen molar-refractivity contribution < 1.29 is 9.53 Å². The lowest BCUT2D eigenvalue weighted by Gasteiger charge is -2.22. The number of aryl methyl sites for hydroxylation is 1. The molecule has 0 saturated carbocycles. The Morgan fingerprint density at radius 1 is 1.47 bits per heavy atom. The molecule has 1 aromatic heterocycles. The highest BCUT2D eigenvalue weighted by atomic mass is 32.1. The number of nitrogens with one attached hydrogen (secondary N) is 2. The zero-order chi connectivity index (χ0) is 14.5. The van der Waals surface area contributed by atoms with Crippen LogP contribution in [-0.2, 0) is 11.3 Å². The molecule has 0 aliphatic rings. The molecule has 0 saturated heterocycles. The lowest BCUT2D eigenvalue weighted by atomic mass is 10.2. The molecule has 1 unspecified atom stereocenters. The second-order valence-corrected chi connectivity index (χ2v) is 6.71. The van der Waals surface area contributed by atoms with Crippen LogP contribution in [-0.4, -0.2) is 24.3 Å². The summed E-state index contributed by atoms with van der Waals surface area (Å²) < 4.78 is 5.20. The fraction of sp³-hybridized carbons (Fsp3) is 0.643. The summed E-state index contributed by atoms with van der Waals surface area (Å²) in [6.45, 7) is 11.2. The van der Waals surface area contributed by atoms with Gasteiger partial charge in [-0.25, -0.2) is 4.79 Å². The maximum absolute atomic E-state index is 11.6. The highest BCUT2D eigenvalue weighted by Gasteiger charge is 2.17. The van der Waals surface area contributed by atoms with E-state index in [0.29, 0.717) is 0 Å². The molecule has 0 spiro atoms. The summed E-state index contributed by atoms with van der Waals surface area (Å²) in [5.74, 6) is 0. The van der Waals surface area contributed by atoms with Crippen molar-refractivity contribution in [1.29, 1.82) is 0 Å². The van der Waals surface area contributed by atoms with E-state index in [1.165, 1.54) is 10.4 Å². The Balaban J connectivity index is 2.23. The molecule has 108 valence electrons. The number of hydrogen-bond acceptors (Lipinski definition) is 4. The Bertz CT molecular complexity index is 410. The number of hydrogen-bond donors (Lipinski definition) is 2. The minimum atomic E-state index is -0.453. The monoisotopic (exact) mass is 284 g/mol. The minimum absolute atomic E-state index is 0.0371. The molecule has 1 heterocycles. The van der Waals surface area contributed by atoms with Gasteiger partial charge >= 0.3 is 6.09 Å². The molecule has 1 rings (SSSR count). The van der Waals surface area contributed by atoms with Crippen LogP contribution >= 0.6 is 11.3 Å². The van der Waals surface area contributed by atoms with Crippen LogP contribution in [0.2, 0.25) is 0 Å². The van der Waals surface area contributed by atoms with Crippen molar-refractivity contribution in [3.8, 4) is 0 Å². The number of thiophene rings is 1. The molecular weight excluding hydrogens is 260 g/mol. The van der Waals surface area contributed by atoms with Crippen LogP contribution in [0.4, 0.5) is 4.79 Å². The maximum Gasteiger partial charge on any atom is 0.407 e. The molecule has 0 fully saturated rings. The van der Waals surface area contributed by atoms with Crippen molar-refractivity contribution in [2.45, 2.75) is 52.8 Å². The molecule has 19 heavy (non-hydrogen) atoms. The first kappa shape index (κ1) is 16.0. The van der Waals surface area contributed by atoms with Crippen molar-refractivity contribution in [2.24, 2.45) is 0 Å². The second-order valence-electron chi connectivity index (χ2n) is 5.70. The van der Waals surface area contributed by atoms with Gasteiger partial charge in [-0.2, -0.15) is 0 Å². The summed E-state index contributed by atoms with van der Waals surface area (Å²) in [5.41, 5.74) is 0.857. The Kier molecular flexibility index (Phi) is 5.82. The summed E-state index contributed by atoms with van der Waals surface area (Å²) in [6, 6.07) is 2.15. The van der Waals surface area contributed by atoms with Crippen molar-refractivity contribution in [1.82, 2.24) is 10.6 Å². The van der Waals surface area contributed by atoms with E-state index in [-0.39, 0.29) is 12.1 Å². The van der Waals surface area contributed by atoms with Crippen molar-refractivity contribution in [2.75, 3.05) is 6.54 Å². The van der Waals surface area contributed by atoms with Gasteiger partial charge in [-0.3, -0.25) is 0 Å². The van der Waals surface area contributed by atoms with E-state index in [1.807, 2.05) is 27.7 Å². The molecule has 0 aliphatic carbocycles. The summed E-state index contributed by atoms with van der Waals surface area (Å²) >= 11 is 1.75. The molecule has 4 nitrogen and oxygen atoms in total. The van der Waals surface area contributed by atoms with Crippen molar-refractivity contribution in [3.05, 3.63) is 21.9 Å². The maximum atomic E-state index is 11.6. The lowest BCUT2D eigenvalue weighted by Crippen LogP contribution is -2.42. The Morgan fingerprint density at radius 2 is 2.16 bits per heavy atom. The van der Waals surface area contributed by atoms with E-state index in [2.05, 4.69) is 29.0 Å². The zero-order valence-electron chi connectivity index (χ0n) is 12.4. The quantitative estimate of drug-likeness (QED) is 0.873. The molecule has 1 atom stereocenters. The first-order valence-electron chi connectivity index (χ1n) is 6.51. The molecule has 0 radical (unpaired) electrons. The average Bonchev–Trinajstić information content (AvgIpc) is 2.61. The molecule has 0 bridgehead atoms. The van der Waals surface area contributed by atoms with Gasteiger partial charge in [0.25, 0.3) is 0 Å². The van der Waals surface area contributed by atoms with E-state index >= 15 is 0 Å². The second kappa shape index (κ2) is 6.91. The van der Waals surface area contributed by atoms with Crippen LogP contribution in [0.3, 0.4) is 0 Å². The SMILES string of the molecule is Cc1ccsc1CNCC(C)NC(=O)OC(C)(C)C. The summed E-state index contributed by atoms with van der Waals surface area (Å²) in [7, 11) is 0. The molecule has 5 heteroatoms. The van der Waals surface area contributed by atoms with Gasteiger partial charge in [0.15, 0.2) is 0 Å². The Morgan fingerprint density at radius 3 is 2.68 bits per heavy atom. The summed E-state index contributed by atoms with van der Waals surface area (Å²) in [5, 5.41) is 8.24. The smallest absolute Gasteiger partial charge is 0.407 e. The number of ether oxygens (including phenoxy) is 1. The minimum Gasteiger partial charge on any atom is -0.444 e. The predicted octanol–water partition coefficient (Wildman–Crippen LogP) is 3.06. The third-order valence-corrected chi connectivity index (χ3v) is 3.49. The van der Waals surface area contributed by atoms with E-state index in [1.54, 1.807) is 11.3 Å². The fourth-order valence-electron chi connectivity index (χ4n) is 1.55. The zero-order valence-corrected chi connectivity index (χ0v) is 13.2.